The summed E-state index contributed by atoms with van der Waals surface area (Å²) in [5.41, 5.74) is 0.493. The van der Waals surface area contributed by atoms with Crippen molar-refractivity contribution in [2.24, 2.45) is 5.92 Å². The first kappa shape index (κ1) is 17.3. The van der Waals surface area contributed by atoms with Gasteiger partial charge in [-0.15, -0.1) is 0 Å². The summed E-state index contributed by atoms with van der Waals surface area (Å²) >= 11 is 0. The average Bonchev–Trinajstić information content (AvgIpc) is 3.14. The lowest BCUT2D eigenvalue weighted by Gasteiger charge is -2.32. The van der Waals surface area contributed by atoms with E-state index in [1.807, 2.05) is 21.7 Å². The van der Waals surface area contributed by atoms with Crippen molar-refractivity contribution in [2.45, 2.75) is 39.2 Å². The molecule has 132 valence electrons. The van der Waals surface area contributed by atoms with Gasteiger partial charge in [-0.2, -0.15) is 0 Å². The first-order valence-electron chi connectivity index (χ1n) is 8.92. The van der Waals surface area contributed by atoms with Crippen LogP contribution in [-0.4, -0.2) is 44.2 Å². The molecule has 2 aromatic heterocycles. The van der Waals surface area contributed by atoms with E-state index in [1.165, 1.54) is 0 Å². The maximum Gasteiger partial charge on any atom is 0.224 e. The van der Waals surface area contributed by atoms with E-state index in [0.717, 1.165) is 31.6 Å². The molecule has 0 aliphatic carbocycles. The summed E-state index contributed by atoms with van der Waals surface area (Å²) in [4.78, 5) is 35.4. The van der Waals surface area contributed by atoms with E-state index in [1.54, 1.807) is 24.5 Å². The van der Waals surface area contributed by atoms with Gasteiger partial charge in [-0.05, 0) is 25.0 Å². The normalized spacial score (nSPS) is 17.5. The number of imidazole rings is 1. The Morgan fingerprint density at radius 1 is 1.24 bits per heavy atom. The van der Waals surface area contributed by atoms with Gasteiger partial charge in [0, 0.05) is 57.0 Å². The van der Waals surface area contributed by atoms with Crippen molar-refractivity contribution in [2.75, 3.05) is 13.1 Å². The van der Waals surface area contributed by atoms with Crippen LogP contribution in [0.15, 0.2) is 36.8 Å². The summed E-state index contributed by atoms with van der Waals surface area (Å²) in [6, 6.07) is 5.37. The third-order valence-electron chi connectivity index (χ3n) is 4.75. The van der Waals surface area contributed by atoms with Crippen molar-refractivity contribution >= 4 is 11.7 Å². The Morgan fingerprint density at radius 3 is 2.88 bits per heavy atom. The van der Waals surface area contributed by atoms with Crippen LogP contribution in [0.3, 0.4) is 0 Å². The zero-order valence-electron chi connectivity index (χ0n) is 14.6. The first-order valence-corrected chi connectivity index (χ1v) is 8.92. The Bertz CT molecular complexity index is 726. The second kappa shape index (κ2) is 8.05. The molecule has 25 heavy (non-hydrogen) atoms. The number of rotatable bonds is 6. The van der Waals surface area contributed by atoms with Gasteiger partial charge >= 0.3 is 0 Å². The van der Waals surface area contributed by atoms with Crippen LogP contribution in [0.5, 0.6) is 0 Å². The third kappa shape index (κ3) is 4.13. The number of Topliss-reactive ketones (excluding diaryl/α,β-unsaturated/α-hetero) is 1. The van der Waals surface area contributed by atoms with Crippen LogP contribution in [0.1, 0.15) is 42.5 Å². The topological polar surface area (TPSA) is 68.1 Å². The number of hydrogen-bond donors (Lipinski definition) is 0. The molecule has 0 spiro atoms. The lowest BCUT2D eigenvalue weighted by atomic mass is 9.91. The number of piperidine rings is 1. The highest BCUT2D eigenvalue weighted by Crippen LogP contribution is 2.21. The number of amides is 1. The molecule has 1 amide bonds. The molecule has 3 rings (SSSR count). The molecule has 2 aromatic rings. The predicted octanol–water partition coefficient (Wildman–Crippen LogP) is 2.35. The summed E-state index contributed by atoms with van der Waals surface area (Å²) in [6.45, 7) is 3.92. The van der Waals surface area contributed by atoms with Gasteiger partial charge in [-0.1, -0.05) is 13.0 Å². The summed E-state index contributed by atoms with van der Waals surface area (Å²) in [7, 11) is 0. The van der Waals surface area contributed by atoms with Crippen LogP contribution in [0.4, 0.5) is 0 Å². The first-order chi connectivity index (χ1) is 12.2. The van der Waals surface area contributed by atoms with E-state index >= 15 is 0 Å². The van der Waals surface area contributed by atoms with Gasteiger partial charge < -0.3 is 9.47 Å². The molecule has 0 radical (unpaired) electrons. The Kier molecular flexibility index (Phi) is 5.58. The molecule has 1 aliphatic heterocycles. The van der Waals surface area contributed by atoms with E-state index in [4.69, 9.17) is 0 Å². The SMILES string of the molecule is CCc1nccn1CCC(=O)N1CCCC(C(=O)c2ccccn2)C1. The third-order valence-corrected chi connectivity index (χ3v) is 4.75. The molecule has 0 N–H and O–H groups in total. The van der Waals surface area contributed by atoms with Crippen molar-refractivity contribution in [3.63, 3.8) is 0 Å². The number of aryl methyl sites for hydroxylation is 2. The molecule has 6 nitrogen and oxygen atoms in total. The van der Waals surface area contributed by atoms with Gasteiger partial charge in [0.2, 0.25) is 5.91 Å². The van der Waals surface area contributed by atoms with E-state index in [0.29, 0.717) is 25.2 Å². The fourth-order valence-electron chi connectivity index (χ4n) is 3.37. The number of ketones is 1. The van der Waals surface area contributed by atoms with Crippen LogP contribution in [0.2, 0.25) is 0 Å². The smallest absolute Gasteiger partial charge is 0.224 e. The van der Waals surface area contributed by atoms with Gasteiger partial charge in [-0.25, -0.2) is 4.98 Å². The highest BCUT2D eigenvalue weighted by atomic mass is 16.2. The Morgan fingerprint density at radius 2 is 2.12 bits per heavy atom. The molecule has 3 heterocycles. The minimum absolute atomic E-state index is 0.0426. The van der Waals surface area contributed by atoms with Crippen LogP contribution in [-0.2, 0) is 17.8 Å². The molecule has 1 aliphatic rings. The van der Waals surface area contributed by atoms with Crippen LogP contribution >= 0.6 is 0 Å². The van der Waals surface area contributed by atoms with Crippen molar-refractivity contribution in [1.29, 1.82) is 0 Å². The number of nitrogens with zero attached hydrogens (tertiary/aromatic N) is 4. The van der Waals surface area contributed by atoms with Crippen molar-refractivity contribution in [3.05, 3.63) is 48.3 Å². The van der Waals surface area contributed by atoms with E-state index in [-0.39, 0.29) is 17.6 Å². The quantitative estimate of drug-likeness (QED) is 0.757. The summed E-state index contributed by atoms with van der Waals surface area (Å²) in [5, 5.41) is 0. The van der Waals surface area contributed by atoms with Gasteiger partial charge in [0.1, 0.15) is 11.5 Å². The molecule has 1 unspecified atom stereocenters. The van der Waals surface area contributed by atoms with Crippen molar-refractivity contribution < 1.29 is 9.59 Å². The number of hydrogen-bond acceptors (Lipinski definition) is 4. The zero-order valence-corrected chi connectivity index (χ0v) is 14.6. The lowest BCUT2D eigenvalue weighted by Crippen LogP contribution is -2.42. The monoisotopic (exact) mass is 340 g/mol. The standard InChI is InChI=1S/C19H24N4O2/c1-2-17-21-10-13-22(17)12-8-18(24)23-11-5-6-15(14-23)19(25)16-7-3-4-9-20-16/h3-4,7,9-10,13,15H,2,5-6,8,11-12,14H2,1H3. The number of likely N-dealkylation sites (tertiary alicyclic amines) is 1. The molecular weight excluding hydrogens is 316 g/mol. The zero-order chi connectivity index (χ0) is 17.6. The maximum atomic E-state index is 12.6. The van der Waals surface area contributed by atoms with Gasteiger partial charge in [0.15, 0.2) is 5.78 Å². The molecule has 6 heteroatoms. The molecule has 1 fully saturated rings. The van der Waals surface area contributed by atoms with Crippen molar-refractivity contribution in [3.8, 4) is 0 Å². The predicted molar refractivity (Wildman–Crippen MR) is 94.1 cm³/mol. The van der Waals surface area contributed by atoms with Crippen LogP contribution in [0.25, 0.3) is 0 Å². The number of pyridine rings is 1. The van der Waals surface area contributed by atoms with E-state index in [2.05, 4.69) is 16.9 Å². The molecule has 0 bridgehead atoms. The van der Waals surface area contributed by atoms with Gasteiger partial charge in [0.25, 0.3) is 0 Å². The summed E-state index contributed by atoms with van der Waals surface area (Å²) in [5.74, 6) is 0.997. The van der Waals surface area contributed by atoms with Crippen molar-refractivity contribution in [1.82, 2.24) is 19.4 Å². The molecule has 1 saturated heterocycles. The fraction of sp³-hybridized carbons (Fsp3) is 0.474. The molecule has 0 saturated carbocycles. The lowest BCUT2D eigenvalue weighted by molar-refractivity contribution is -0.132. The van der Waals surface area contributed by atoms with E-state index in [9.17, 15) is 9.59 Å². The fourth-order valence-corrected chi connectivity index (χ4v) is 3.37. The second-order valence-corrected chi connectivity index (χ2v) is 6.40. The Balaban J connectivity index is 1.57. The molecular formula is C19H24N4O2. The van der Waals surface area contributed by atoms with Gasteiger partial charge in [0.05, 0.1) is 0 Å². The highest BCUT2D eigenvalue weighted by Gasteiger charge is 2.29. The second-order valence-electron chi connectivity index (χ2n) is 6.40. The summed E-state index contributed by atoms with van der Waals surface area (Å²) in [6.07, 6.45) is 8.29. The number of carbonyl (C=O) groups excluding carboxylic acids is 2. The largest absolute Gasteiger partial charge is 0.342 e. The average molecular weight is 340 g/mol. The highest BCUT2D eigenvalue weighted by molar-refractivity contribution is 5.96. The van der Waals surface area contributed by atoms with Crippen LogP contribution in [0, 0.1) is 5.92 Å². The maximum absolute atomic E-state index is 12.6. The molecule has 0 aromatic carbocycles. The van der Waals surface area contributed by atoms with Gasteiger partial charge in [-0.3, -0.25) is 14.6 Å². The minimum atomic E-state index is -0.146. The summed E-state index contributed by atoms with van der Waals surface area (Å²) < 4.78 is 2.03. The number of aromatic nitrogens is 3. The Labute approximate surface area is 147 Å². The minimum Gasteiger partial charge on any atom is -0.342 e. The molecule has 1 atom stereocenters. The van der Waals surface area contributed by atoms with Crippen LogP contribution < -0.4 is 0 Å². The van der Waals surface area contributed by atoms with E-state index < -0.39 is 0 Å². The number of carbonyl (C=O) groups is 2. The Hall–Kier alpha value is -2.50.